The normalized spacial score (nSPS) is 27.1. The molecule has 0 bridgehead atoms. The zero-order valence-electron chi connectivity index (χ0n) is 10.6. The van der Waals surface area contributed by atoms with E-state index in [-0.39, 0.29) is 35.7 Å². The highest BCUT2D eigenvalue weighted by Gasteiger charge is 2.53. The lowest BCUT2D eigenvalue weighted by Gasteiger charge is -2.10. The fourth-order valence-electron chi connectivity index (χ4n) is 2.69. The lowest BCUT2D eigenvalue weighted by Crippen LogP contribution is -2.32. The van der Waals surface area contributed by atoms with Crippen LogP contribution in [0.2, 0.25) is 0 Å². The molecule has 0 radical (unpaired) electrons. The Morgan fingerprint density at radius 2 is 2.11 bits per heavy atom. The zero-order valence-corrected chi connectivity index (χ0v) is 11.4. The van der Waals surface area contributed by atoms with Gasteiger partial charge in [0.15, 0.2) is 0 Å². The number of fused-ring (bicyclic) bond motifs is 1. The van der Waals surface area contributed by atoms with Gasteiger partial charge in [0.1, 0.15) is 11.5 Å². The number of nitrogens with one attached hydrogen (secondary N) is 2. The van der Waals surface area contributed by atoms with Gasteiger partial charge in [-0.05, 0) is 30.0 Å². The third-order valence-corrected chi connectivity index (χ3v) is 3.84. The summed E-state index contributed by atoms with van der Waals surface area (Å²) in [5, 5.41) is 16.0. The maximum absolute atomic E-state index is 12.1. The van der Waals surface area contributed by atoms with E-state index >= 15 is 0 Å². The van der Waals surface area contributed by atoms with Gasteiger partial charge in [-0.2, -0.15) is 0 Å². The van der Waals surface area contributed by atoms with Crippen LogP contribution in [0.1, 0.15) is 10.4 Å². The molecule has 1 aromatic carbocycles. The molecule has 2 atom stereocenters. The van der Waals surface area contributed by atoms with Crippen molar-refractivity contribution < 1.29 is 14.6 Å². The second-order valence-corrected chi connectivity index (χ2v) is 4.87. The van der Waals surface area contributed by atoms with Crippen LogP contribution in [-0.2, 0) is 0 Å². The average molecular weight is 285 g/mol. The van der Waals surface area contributed by atoms with Gasteiger partial charge in [0.25, 0.3) is 5.91 Å². The SMILES string of the molecule is COc1ccc(O)c(C(=O)NC2C3CNCC32)c1.Cl. The number of amides is 1. The first-order chi connectivity index (χ1) is 8.70. The molecule has 3 rings (SSSR count). The predicted molar refractivity (Wildman–Crippen MR) is 73.0 cm³/mol. The minimum Gasteiger partial charge on any atom is -0.507 e. The summed E-state index contributed by atoms with van der Waals surface area (Å²) in [6.45, 7) is 1.94. The van der Waals surface area contributed by atoms with Gasteiger partial charge >= 0.3 is 0 Å². The molecule has 5 nitrogen and oxygen atoms in total. The molecule has 1 aromatic rings. The lowest BCUT2D eigenvalue weighted by molar-refractivity contribution is 0.0943. The largest absolute Gasteiger partial charge is 0.507 e. The smallest absolute Gasteiger partial charge is 0.255 e. The van der Waals surface area contributed by atoms with Crippen LogP contribution in [0.15, 0.2) is 18.2 Å². The van der Waals surface area contributed by atoms with Crippen LogP contribution in [0.4, 0.5) is 0 Å². The minimum atomic E-state index is -0.231. The number of phenolic OH excluding ortho intramolecular Hbond substituents is 1. The van der Waals surface area contributed by atoms with E-state index in [9.17, 15) is 9.90 Å². The Hall–Kier alpha value is -1.46. The molecule has 1 heterocycles. The monoisotopic (exact) mass is 284 g/mol. The van der Waals surface area contributed by atoms with Crippen LogP contribution >= 0.6 is 12.4 Å². The maximum Gasteiger partial charge on any atom is 0.255 e. The summed E-state index contributed by atoms with van der Waals surface area (Å²) in [7, 11) is 1.53. The number of benzene rings is 1. The van der Waals surface area contributed by atoms with Gasteiger partial charge in [0, 0.05) is 19.1 Å². The first-order valence-electron chi connectivity index (χ1n) is 6.09. The van der Waals surface area contributed by atoms with Crippen molar-refractivity contribution in [2.75, 3.05) is 20.2 Å². The van der Waals surface area contributed by atoms with Crippen LogP contribution < -0.4 is 15.4 Å². The second kappa shape index (κ2) is 5.27. The van der Waals surface area contributed by atoms with Crippen LogP contribution in [0, 0.1) is 11.8 Å². The highest BCUT2D eigenvalue weighted by Crippen LogP contribution is 2.41. The van der Waals surface area contributed by atoms with Crippen LogP contribution in [0.25, 0.3) is 0 Å². The van der Waals surface area contributed by atoms with Crippen molar-refractivity contribution in [1.82, 2.24) is 10.6 Å². The standard InChI is InChI=1S/C13H16N2O3.ClH/c1-18-7-2-3-11(16)8(4-7)13(17)15-12-9-5-14-6-10(9)12;/h2-4,9-10,12,14,16H,5-6H2,1H3,(H,15,17);1H. The van der Waals surface area contributed by atoms with Gasteiger partial charge in [-0.3, -0.25) is 4.79 Å². The van der Waals surface area contributed by atoms with Crippen molar-refractivity contribution in [2.24, 2.45) is 11.8 Å². The number of carbonyl (C=O) groups is 1. The molecular weight excluding hydrogens is 268 g/mol. The van der Waals surface area contributed by atoms with Crippen molar-refractivity contribution in [3.63, 3.8) is 0 Å². The van der Waals surface area contributed by atoms with Crippen LogP contribution in [0.3, 0.4) is 0 Å². The summed E-state index contributed by atoms with van der Waals surface area (Å²) < 4.78 is 5.05. The molecule has 0 spiro atoms. The number of phenols is 1. The van der Waals surface area contributed by atoms with E-state index in [1.165, 1.54) is 13.2 Å². The van der Waals surface area contributed by atoms with Gasteiger partial charge in [0.2, 0.25) is 0 Å². The number of methoxy groups -OCH3 is 1. The second-order valence-electron chi connectivity index (χ2n) is 4.87. The molecule has 1 amide bonds. The number of hydrogen-bond acceptors (Lipinski definition) is 4. The third kappa shape index (κ3) is 2.48. The Labute approximate surface area is 117 Å². The molecule has 0 aromatic heterocycles. The van der Waals surface area contributed by atoms with E-state index in [1.54, 1.807) is 12.1 Å². The van der Waals surface area contributed by atoms with Gasteiger partial charge < -0.3 is 20.5 Å². The molecule has 19 heavy (non-hydrogen) atoms. The lowest BCUT2D eigenvalue weighted by atomic mass is 10.1. The summed E-state index contributed by atoms with van der Waals surface area (Å²) in [5.74, 6) is 1.43. The summed E-state index contributed by atoms with van der Waals surface area (Å²) in [6.07, 6.45) is 0. The van der Waals surface area contributed by atoms with E-state index in [1.807, 2.05) is 0 Å². The quantitative estimate of drug-likeness (QED) is 0.767. The van der Waals surface area contributed by atoms with Crippen molar-refractivity contribution in [3.8, 4) is 11.5 Å². The molecule has 2 aliphatic rings. The van der Waals surface area contributed by atoms with Crippen molar-refractivity contribution in [2.45, 2.75) is 6.04 Å². The number of carbonyl (C=O) groups excluding carboxylic acids is 1. The first-order valence-corrected chi connectivity index (χ1v) is 6.09. The van der Waals surface area contributed by atoms with Gasteiger partial charge in [-0.1, -0.05) is 0 Å². The fourth-order valence-corrected chi connectivity index (χ4v) is 2.69. The third-order valence-electron chi connectivity index (χ3n) is 3.84. The Kier molecular flexibility index (Phi) is 3.87. The summed E-state index contributed by atoms with van der Waals surface area (Å²) in [5.41, 5.74) is 0.271. The molecule has 6 heteroatoms. The zero-order chi connectivity index (χ0) is 12.7. The molecule has 1 aliphatic carbocycles. The van der Waals surface area contributed by atoms with Gasteiger partial charge in [0.05, 0.1) is 12.7 Å². The van der Waals surface area contributed by atoms with Crippen molar-refractivity contribution in [1.29, 1.82) is 0 Å². The summed E-state index contributed by atoms with van der Waals surface area (Å²) >= 11 is 0. The number of rotatable bonds is 3. The maximum atomic E-state index is 12.1. The molecule has 1 aliphatic heterocycles. The number of hydrogen-bond donors (Lipinski definition) is 3. The average Bonchev–Trinajstić information content (AvgIpc) is 2.82. The summed E-state index contributed by atoms with van der Waals surface area (Å²) in [4.78, 5) is 12.1. The molecule has 2 unspecified atom stereocenters. The Morgan fingerprint density at radius 1 is 1.42 bits per heavy atom. The Morgan fingerprint density at radius 3 is 2.74 bits per heavy atom. The Balaban J connectivity index is 0.00000133. The number of ether oxygens (including phenoxy) is 1. The predicted octanol–water partition coefficient (Wildman–Crippen LogP) is 0.770. The first kappa shape index (κ1) is 14.0. The molecule has 1 saturated heterocycles. The summed E-state index contributed by atoms with van der Waals surface area (Å²) in [6, 6.07) is 4.91. The van der Waals surface area contributed by atoms with E-state index < -0.39 is 0 Å². The van der Waals surface area contributed by atoms with Gasteiger partial charge in [-0.15, -0.1) is 12.4 Å². The molecule has 3 N–H and O–H groups in total. The van der Waals surface area contributed by atoms with E-state index in [2.05, 4.69) is 10.6 Å². The molecular formula is C13H17ClN2O3. The van der Waals surface area contributed by atoms with Crippen LogP contribution in [0.5, 0.6) is 11.5 Å². The van der Waals surface area contributed by atoms with Crippen LogP contribution in [-0.4, -0.2) is 37.3 Å². The molecule has 1 saturated carbocycles. The number of piperidine rings is 1. The molecule has 2 fully saturated rings. The van der Waals surface area contributed by atoms with E-state index in [0.29, 0.717) is 17.6 Å². The molecule has 104 valence electrons. The van der Waals surface area contributed by atoms with Crippen molar-refractivity contribution >= 4 is 18.3 Å². The topological polar surface area (TPSA) is 70.6 Å². The minimum absolute atomic E-state index is 0. The number of halogens is 1. The number of aromatic hydroxyl groups is 1. The van der Waals surface area contributed by atoms with Gasteiger partial charge in [-0.25, -0.2) is 0 Å². The highest BCUT2D eigenvalue weighted by molar-refractivity contribution is 5.97. The van der Waals surface area contributed by atoms with Crippen molar-refractivity contribution in [3.05, 3.63) is 23.8 Å². The van der Waals surface area contributed by atoms with E-state index in [0.717, 1.165) is 13.1 Å². The van der Waals surface area contributed by atoms with E-state index in [4.69, 9.17) is 4.74 Å². The fraction of sp³-hybridized carbons (Fsp3) is 0.462. The Bertz CT molecular complexity index is 485. The highest BCUT2D eigenvalue weighted by atomic mass is 35.5.